The maximum atomic E-state index is 2.44. The van der Waals surface area contributed by atoms with Crippen molar-refractivity contribution in [2.75, 3.05) is 0 Å². The average molecular weight is 226 g/mol. The first-order valence-electron chi connectivity index (χ1n) is 7.25. The Hall–Kier alpha value is 0. The van der Waals surface area contributed by atoms with E-state index in [4.69, 9.17) is 0 Å². The fourth-order valence-corrected chi connectivity index (χ4v) is 2.60. The molecule has 98 valence electrons. The van der Waals surface area contributed by atoms with Crippen LogP contribution in [0, 0.1) is 35.5 Å². The van der Waals surface area contributed by atoms with Gasteiger partial charge in [0.25, 0.3) is 0 Å². The number of rotatable bonds is 7. The summed E-state index contributed by atoms with van der Waals surface area (Å²) in [7, 11) is 0. The topological polar surface area (TPSA) is 0 Å². The van der Waals surface area contributed by atoms with Gasteiger partial charge in [0.05, 0.1) is 0 Å². The molecule has 3 atom stereocenters. The molecule has 0 N–H and O–H groups in total. The van der Waals surface area contributed by atoms with Gasteiger partial charge in [-0.05, 0) is 48.3 Å². The van der Waals surface area contributed by atoms with E-state index < -0.39 is 0 Å². The van der Waals surface area contributed by atoms with E-state index in [2.05, 4.69) is 55.4 Å². The molecule has 0 aromatic carbocycles. The molecule has 0 aliphatic heterocycles. The van der Waals surface area contributed by atoms with Crippen LogP contribution in [0.15, 0.2) is 0 Å². The maximum Gasteiger partial charge on any atom is -0.0386 e. The van der Waals surface area contributed by atoms with Gasteiger partial charge in [0.15, 0.2) is 0 Å². The van der Waals surface area contributed by atoms with Gasteiger partial charge in [0.2, 0.25) is 0 Å². The summed E-state index contributed by atoms with van der Waals surface area (Å²) in [5.74, 6) is 5.13. The molecule has 0 heterocycles. The molecule has 0 radical (unpaired) electrons. The number of hydrogen-bond acceptors (Lipinski definition) is 0. The summed E-state index contributed by atoms with van der Waals surface area (Å²) in [5, 5.41) is 0. The minimum Gasteiger partial charge on any atom is -0.0628 e. The highest BCUT2D eigenvalue weighted by Gasteiger charge is 2.22. The van der Waals surface area contributed by atoms with E-state index in [9.17, 15) is 0 Å². The van der Waals surface area contributed by atoms with Crippen LogP contribution in [0.25, 0.3) is 0 Å². The summed E-state index contributed by atoms with van der Waals surface area (Å²) in [4.78, 5) is 0. The Morgan fingerprint density at radius 2 is 1.12 bits per heavy atom. The van der Waals surface area contributed by atoms with Crippen molar-refractivity contribution in [1.29, 1.82) is 0 Å². The molecule has 0 fully saturated rings. The molecular weight excluding hydrogens is 192 g/mol. The summed E-state index contributed by atoms with van der Waals surface area (Å²) < 4.78 is 0. The summed E-state index contributed by atoms with van der Waals surface area (Å²) in [5.41, 5.74) is 0. The summed E-state index contributed by atoms with van der Waals surface area (Å²) in [6, 6.07) is 0. The normalized spacial score (nSPS) is 18.2. The first-order valence-corrected chi connectivity index (χ1v) is 7.25. The summed E-state index contributed by atoms with van der Waals surface area (Å²) >= 11 is 0. The van der Waals surface area contributed by atoms with Crippen LogP contribution in [0.5, 0.6) is 0 Å². The average Bonchev–Trinajstić information content (AvgIpc) is 2.14. The highest BCUT2D eigenvalue weighted by molar-refractivity contribution is 4.72. The lowest BCUT2D eigenvalue weighted by Crippen LogP contribution is -2.21. The first-order chi connectivity index (χ1) is 7.25. The van der Waals surface area contributed by atoms with Gasteiger partial charge in [-0.3, -0.25) is 0 Å². The van der Waals surface area contributed by atoms with Crippen molar-refractivity contribution in [3.05, 3.63) is 0 Å². The highest BCUT2D eigenvalue weighted by atomic mass is 14.3. The Labute approximate surface area is 104 Å². The van der Waals surface area contributed by atoms with E-state index in [0.29, 0.717) is 0 Å². The van der Waals surface area contributed by atoms with Gasteiger partial charge in [-0.1, -0.05) is 55.4 Å². The van der Waals surface area contributed by atoms with Crippen molar-refractivity contribution >= 4 is 0 Å². The first kappa shape index (κ1) is 16.0. The standard InChI is InChI=1S/C16H34/c1-11(2)9-16(13(5)6)10-14(7)15(8)12(3)4/h11-16H,9-10H2,1-8H3. The van der Waals surface area contributed by atoms with Crippen LogP contribution in [0.3, 0.4) is 0 Å². The van der Waals surface area contributed by atoms with E-state index in [1.807, 2.05) is 0 Å². The van der Waals surface area contributed by atoms with Crippen LogP contribution in [0.4, 0.5) is 0 Å². The molecule has 16 heavy (non-hydrogen) atoms. The Morgan fingerprint density at radius 3 is 1.44 bits per heavy atom. The van der Waals surface area contributed by atoms with Crippen LogP contribution in [-0.2, 0) is 0 Å². The largest absolute Gasteiger partial charge is 0.0628 e. The molecule has 0 heteroatoms. The Balaban J connectivity index is 4.28. The van der Waals surface area contributed by atoms with Gasteiger partial charge in [0, 0.05) is 0 Å². The fourth-order valence-electron chi connectivity index (χ4n) is 2.60. The molecule has 0 bridgehead atoms. The lowest BCUT2D eigenvalue weighted by molar-refractivity contribution is 0.199. The summed E-state index contributed by atoms with van der Waals surface area (Å²) in [6.45, 7) is 19.1. The lowest BCUT2D eigenvalue weighted by atomic mass is 9.75. The zero-order valence-electron chi connectivity index (χ0n) is 12.9. The van der Waals surface area contributed by atoms with E-state index in [1.165, 1.54) is 12.8 Å². The van der Waals surface area contributed by atoms with Crippen molar-refractivity contribution < 1.29 is 0 Å². The molecular formula is C16H34. The highest BCUT2D eigenvalue weighted by Crippen LogP contribution is 2.32. The monoisotopic (exact) mass is 226 g/mol. The van der Waals surface area contributed by atoms with Crippen molar-refractivity contribution in [3.63, 3.8) is 0 Å². The SMILES string of the molecule is CC(C)CC(CC(C)C(C)C(C)C)C(C)C. The molecule has 3 unspecified atom stereocenters. The quantitative estimate of drug-likeness (QED) is 0.528. The molecule has 0 aromatic heterocycles. The minimum absolute atomic E-state index is 0.821. The van der Waals surface area contributed by atoms with Crippen LogP contribution >= 0.6 is 0 Å². The van der Waals surface area contributed by atoms with E-state index in [1.54, 1.807) is 0 Å². The van der Waals surface area contributed by atoms with Crippen molar-refractivity contribution in [2.45, 2.75) is 68.2 Å². The molecule has 0 saturated carbocycles. The molecule has 0 saturated heterocycles. The van der Waals surface area contributed by atoms with Gasteiger partial charge in [0.1, 0.15) is 0 Å². The van der Waals surface area contributed by atoms with E-state index in [-0.39, 0.29) is 0 Å². The Morgan fingerprint density at radius 1 is 0.625 bits per heavy atom. The summed E-state index contributed by atoms with van der Waals surface area (Å²) in [6.07, 6.45) is 2.81. The van der Waals surface area contributed by atoms with E-state index in [0.717, 1.165) is 35.5 Å². The molecule has 0 aliphatic carbocycles. The predicted molar refractivity (Wildman–Crippen MR) is 75.6 cm³/mol. The second kappa shape index (κ2) is 7.35. The molecule has 0 aromatic rings. The molecule has 0 spiro atoms. The van der Waals surface area contributed by atoms with Crippen LogP contribution in [0.1, 0.15) is 68.2 Å². The third-order valence-electron chi connectivity index (χ3n) is 4.34. The molecule has 0 nitrogen and oxygen atoms in total. The third-order valence-corrected chi connectivity index (χ3v) is 4.34. The van der Waals surface area contributed by atoms with Gasteiger partial charge in [-0.2, -0.15) is 0 Å². The van der Waals surface area contributed by atoms with Gasteiger partial charge >= 0.3 is 0 Å². The van der Waals surface area contributed by atoms with Crippen molar-refractivity contribution in [2.24, 2.45) is 35.5 Å². The predicted octanol–water partition coefficient (Wildman–Crippen LogP) is 5.62. The molecule has 0 amide bonds. The lowest BCUT2D eigenvalue weighted by Gasteiger charge is -2.30. The Kier molecular flexibility index (Phi) is 7.35. The van der Waals surface area contributed by atoms with Gasteiger partial charge in [-0.25, -0.2) is 0 Å². The van der Waals surface area contributed by atoms with Crippen LogP contribution in [0.2, 0.25) is 0 Å². The zero-order chi connectivity index (χ0) is 12.9. The minimum atomic E-state index is 0.821. The van der Waals surface area contributed by atoms with Gasteiger partial charge in [-0.15, -0.1) is 0 Å². The zero-order valence-corrected chi connectivity index (χ0v) is 12.9. The maximum absolute atomic E-state index is 2.44. The second-order valence-electron chi connectivity index (χ2n) is 6.95. The fraction of sp³-hybridized carbons (Fsp3) is 1.00. The molecule has 0 rings (SSSR count). The number of hydrogen-bond donors (Lipinski definition) is 0. The van der Waals surface area contributed by atoms with Crippen molar-refractivity contribution in [1.82, 2.24) is 0 Å². The van der Waals surface area contributed by atoms with Gasteiger partial charge < -0.3 is 0 Å². The third kappa shape index (κ3) is 5.92. The second-order valence-corrected chi connectivity index (χ2v) is 6.95. The molecule has 0 aliphatic rings. The van der Waals surface area contributed by atoms with E-state index >= 15 is 0 Å². The smallest absolute Gasteiger partial charge is 0.0386 e. The van der Waals surface area contributed by atoms with Crippen LogP contribution < -0.4 is 0 Å². The van der Waals surface area contributed by atoms with Crippen molar-refractivity contribution in [3.8, 4) is 0 Å². The van der Waals surface area contributed by atoms with Crippen LogP contribution in [-0.4, -0.2) is 0 Å². The Bertz CT molecular complexity index is 167.